The predicted molar refractivity (Wildman–Crippen MR) is 107 cm³/mol. The van der Waals surface area contributed by atoms with Crippen molar-refractivity contribution in [2.75, 3.05) is 5.32 Å². The molecule has 1 unspecified atom stereocenters. The predicted octanol–water partition coefficient (Wildman–Crippen LogP) is 5.24. The first-order chi connectivity index (χ1) is 13.6. The van der Waals surface area contributed by atoms with Gasteiger partial charge in [-0.1, -0.05) is 30.7 Å². The van der Waals surface area contributed by atoms with Crippen molar-refractivity contribution >= 4 is 11.6 Å². The van der Waals surface area contributed by atoms with Crippen LogP contribution < -0.4 is 5.32 Å². The minimum absolute atomic E-state index is 0.0417. The van der Waals surface area contributed by atoms with Gasteiger partial charge in [0.15, 0.2) is 0 Å². The van der Waals surface area contributed by atoms with Crippen LogP contribution in [0.3, 0.4) is 0 Å². The third-order valence-electron chi connectivity index (χ3n) is 5.13. The van der Waals surface area contributed by atoms with Gasteiger partial charge in [-0.3, -0.25) is 9.78 Å². The number of halogens is 1. The number of pyridine rings is 1. The first kappa shape index (κ1) is 18.2. The van der Waals surface area contributed by atoms with Gasteiger partial charge in [-0.2, -0.15) is 0 Å². The zero-order chi connectivity index (χ0) is 19.5. The maximum atomic E-state index is 13.9. The second kappa shape index (κ2) is 7.80. The quantitative estimate of drug-likeness (QED) is 0.611. The number of rotatable bonds is 1. The van der Waals surface area contributed by atoms with Gasteiger partial charge < -0.3 is 10.4 Å². The second-order valence-electron chi connectivity index (χ2n) is 7.10. The van der Waals surface area contributed by atoms with Gasteiger partial charge >= 0.3 is 0 Å². The summed E-state index contributed by atoms with van der Waals surface area (Å²) in [6.07, 6.45) is 4.34. The molecule has 0 aliphatic carbocycles. The highest BCUT2D eigenvalue weighted by Gasteiger charge is 2.19. The molecule has 3 aromatic rings. The summed E-state index contributed by atoms with van der Waals surface area (Å²) in [5.41, 5.74) is 4.07. The van der Waals surface area contributed by atoms with Crippen LogP contribution in [-0.2, 0) is 4.79 Å². The number of benzene rings is 2. The lowest BCUT2D eigenvalue weighted by atomic mass is 9.87. The van der Waals surface area contributed by atoms with Crippen molar-refractivity contribution in [1.82, 2.24) is 4.98 Å². The number of carbonyl (C=O) groups excluding carboxylic acids is 1. The molecular weight excluding hydrogens is 355 g/mol. The molecule has 1 aliphatic rings. The van der Waals surface area contributed by atoms with Crippen LogP contribution in [0.2, 0.25) is 0 Å². The zero-order valence-electron chi connectivity index (χ0n) is 15.4. The SMILES string of the molecule is O=C1CCCCC(c2ccc(O)cn2)c2cccc(c2)-c2cc(F)ccc2N1. The van der Waals surface area contributed by atoms with Gasteiger partial charge in [0.1, 0.15) is 11.6 Å². The summed E-state index contributed by atoms with van der Waals surface area (Å²) < 4.78 is 13.9. The van der Waals surface area contributed by atoms with E-state index in [1.54, 1.807) is 12.1 Å². The lowest BCUT2D eigenvalue weighted by Gasteiger charge is -2.20. The molecule has 2 heterocycles. The molecular formula is C23H21FN2O2. The number of carbonyl (C=O) groups is 1. The number of fused-ring (bicyclic) bond motifs is 4. The number of anilines is 1. The number of hydrogen-bond acceptors (Lipinski definition) is 3. The van der Waals surface area contributed by atoms with E-state index < -0.39 is 0 Å². The van der Waals surface area contributed by atoms with Crippen LogP contribution in [0.5, 0.6) is 5.75 Å². The summed E-state index contributed by atoms with van der Waals surface area (Å²) in [7, 11) is 0. The Morgan fingerprint density at radius 3 is 2.79 bits per heavy atom. The molecule has 1 atom stereocenters. The fraction of sp³-hybridized carbons (Fsp3) is 0.217. The molecule has 28 heavy (non-hydrogen) atoms. The topological polar surface area (TPSA) is 62.2 Å². The highest BCUT2D eigenvalue weighted by Crippen LogP contribution is 2.35. The Morgan fingerprint density at radius 1 is 1.07 bits per heavy atom. The number of nitrogens with zero attached hydrogens (tertiary/aromatic N) is 1. The fourth-order valence-corrected chi connectivity index (χ4v) is 3.72. The zero-order valence-corrected chi connectivity index (χ0v) is 15.4. The summed E-state index contributed by atoms with van der Waals surface area (Å²) in [4.78, 5) is 16.7. The van der Waals surface area contributed by atoms with E-state index in [0.717, 1.165) is 36.1 Å². The van der Waals surface area contributed by atoms with Crippen LogP contribution in [0.1, 0.15) is 42.9 Å². The second-order valence-corrected chi connectivity index (χ2v) is 7.10. The van der Waals surface area contributed by atoms with Crippen molar-refractivity contribution in [3.05, 3.63) is 77.9 Å². The van der Waals surface area contributed by atoms with Gasteiger partial charge in [0.05, 0.1) is 6.20 Å². The first-order valence-corrected chi connectivity index (χ1v) is 9.45. The van der Waals surface area contributed by atoms with Gasteiger partial charge in [-0.25, -0.2) is 4.39 Å². The van der Waals surface area contributed by atoms with Crippen molar-refractivity contribution in [2.24, 2.45) is 0 Å². The summed E-state index contributed by atoms with van der Waals surface area (Å²) in [6, 6.07) is 15.8. The largest absolute Gasteiger partial charge is 0.506 e. The maximum absolute atomic E-state index is 13.9. The Morgan fingerprint density at radius 2 is 1.96 bits per heavy atom. The summed E-state index contributed by atoms with van der Waals surface area (Å²) >= 11 is 0. The number of nitrogens with one attached hydrogen (secondary N) is 1. The van der Waals surface area contributed by atoms with Crippen LogP contribution in [0, 0.1) is 5.82 Å². The molecule has 4 rings (SSSR count). The standard InChI is InChI=1S/C23H21FN2O2/c24-17-8-10-22-20(13-17)16-5-3-4-15(12-16)19(6-1-2-7-23(28)26-22)21-11-9-18(27)14-25-21/h3-5,8-14,19,27H,1-2,6-7H2,(H,26,28). The molecule has 5 heteroatoms. The number of aromatic nitrogens is 1. The van der Waals surface area contributed by atoms with Gasteiger partial charge in [0.25, 0.3) is 0 Å². The average molecular weight is 376 g/mol. The molecule has 2 N–H and O–H groups in total. The van der Waals surface area contributed by atoms with E-state index in [9.17, 15) is 14.3 Å². The van der Waals surface area contributed by atoms with Gasteiger partial charge in [0, 0.05) is 29.3 Å². The summed E-state index contributed by atoms with van der Waals surface area (Å²) in [5, 5.41) is 12.5. The maximum Gasteiger partial charge on any atom is 0.224 e. The number of aromatic hydroxyl groups is 1. The lowest BCUT2D eigenvalue weighted by Crippen LogP contribution is -2.13. The Labute approximate surface area is 163 Å². The molecule has 2 bridgehead atoms. The smallest absolute Gasteiger partial charge is 0.224 e. The molecule has 1 amide bonds. The average Bonchev–Trinajstić information content (AvgIpc) is 2.70. The number of amides is 1. The Bertz CT molecular complexity index is 1000. The van der Waals surface area contributed by atoms with E-state index in [0.29, 0.717) is 17.7 Å². The molecule has 142 valence electrons. The Hall–Kier alpha value is -3.21. The third-order valence-corrected chi connectivity index (χ3v) is 5.13. The molecule has 0 spiro atoms. The summed E-state index contributed by atoms with van der Waals surface area (Å²) in [5.74, 6) is -0.238. The van der Waals surface area contributed by atoms with Gasteiger partial charge in [-0.15, -0.1) is 0 Å². The molecule has 1 aliphatic heterocycles. The molecule has 4 nitrogen and oxygen atoms in total. The molecule has 0 saturated carbocycles. The van der Waals surface area contributed by atoms with Crippen LogP contribution in [0.25, 0.3) is 11.1 Å². The van der Waals surface area contributed by atoms with Crippen LogP contribution in [0.15, 0.2) is 60.8 Å². The van der Waals surface area contributed by atoms with Crippen LogP contribution in [0.4, 0.5) is 10.1 Å². The van der Waals surface area contributed by atoms with E-state index in [2.05, 4.69) is 10.3 Å². The fourth-order valence-electron chi connectivity index (χ4n) is 3.72. The van der Waals surface area contributed by atoms with Crippen molar-refractivity contribution in [3.8, 4) is 16.9 Å². The number of hydrogen-bond donors (Lipinski definition) is 2. The minimum Gasteiger partial charge on any atom is -0.506 e. The van der Waals surface area contributed by atoms with Crippen molar-refractivity contribution in [3.63, 3.8) is 0 Å². The van der Waals surface area contributed by atoms with Gasteiger partial charge in [-0.05, 0) is 54.3 Å². The van der Waals surface area contributed by atoms with E-state index in [1.807, 2.05) is 30.3 Å². The van der Waals surface area contributed by atoms with Crippen molar-refractivity contribution < 1.29 is 14.3 Å². The van der Waals surface area contributed by atoms with Crippen LogP contribution in [-0.4, -0.2) is 16.0 Å². The Balaban J connectivity index is 1.83. The minimum atomic E-state index is -0.345. The molecule has 0 fully saturated rings. The van der Waals surface area contributed by atoms with Crippen molar-refractivity contribution in [1.29, 1.82) is 0 Å². The van der Waals surface area contributed by atoms with Crippen molar-refractivity contribution in [2.45, 2.75) is 31.6 Å². The van der Waals surface area contributed by atoms with Gasteiger partial charge in [0.2, 0.25) is 5.91 Å². The normalized spacial score (nSPS) is 17.0. The highest BCUT2D eigenvalue weighted by molar-refractivity contribution is 5.95. The summed E-state index contributed by atoms with van der Waals surface area (Å²) in [6.45, 7) is 0. The van der Waals surface area contributed by atoms with Crippen LogP contribution >= 0.6 is 0 Å². The molecule has 0 radical (unpaired) electrons. The highest BCUT2D eigenvalue weighted by atomic mass is 19.1. The molecule has 0 saturated heterocycles. The first-order valence-electron chi connectivity index (χ1n) is 9.45. The van der Waals surface area contributed by atoms with E-state index >= 15 is 0 Å². The van der Waals surface area contributed by atoms with E-state index in [-0.39, 0.29) is 23.4 Å². The Kier molecular flexibility index (Phi) is 5.06. The van der Waals surface area contributed by atoms with E-state index in [4.69, 9.17) is 0 Å². The van der Waals surface area contributed by atoms with E-state index in [1.165, 1.54) is 18.3 Å². The monoisotopic (exact) mass is 376 g/mol. The molecule has 2 aromatic carbocycles. The third kappa shape index (κ3) is 3.88. The molecule has 1 aromatic heterocycles. The lowest BCUT2D eigenvalue weighted by molar-refractivity contribution is -0.116.